The third kappa shape index (κ3) is 6.85. The molecule has 7 heteroatoms. The van der Waals surface area contributed by atoms with Crippen LogP contribution < -0.4 is 10.6 Å². The molecular weight excluding hydrogens is 362 g/mol. The van der Waals surface area contributed by atoms with Crippen molar-refractivity contribution in [1.82, 2.24) is 30.3 Å². The van der Waals surface area contributed by atoms with Crippen molar-refractivity contribution >= 4 is 5.96 Å². The van der Waals surface area contributed by atoms with Crippen LogP contribution in [-0.2, 0) is 26.1 Å². The van der Waals surface area contributed by atoms with Gasteiger partial charge in [-0.3, -0.25) is 9.89 Å². The molecule has 0 unspecified atom stereocenters. The molecule has 1 aliphatic heterocycles. The van der Waals surface area contributed by atoms with Crippen LogP contribution in [0.15, 0.2) is 35.6 Å². The Hall–Kier alpha value is -2.41. The molecule has 0 atom stereocenters. The standard InChI is InChI=1S/C22H35N7/c1-3-21-27-26-18-29(21)14-11-24-22(23-2)25-16-19-9-8-10-20(15-19)17-28-12-6-4-5-7-13-28/h8-10,15,18H,3-7,11-14,16-17H2,1-2H3,(H2,23,24,25). The predicted octanol–water partition coefficient (Wildman–Crippen LogP) is 2.58. The van der Waals surface area contributed by atoms with Gasteiger partial charge in [0.15, 0.2) is 5.96 Å². The highest BCUT2D eigenvalue weighted by molar-refractivity contribution is 5.79. The molecule has 29 heavy (non-hydrogen) atoms. The average molecular weight is 398 g/mol. The maximum absolute atomic E-state index is 4.34. The number of nitrogens with one attached hydrogen (secondary N) is 2. The van der Waals surface area contributed by atoms with Crippen LogP contribution in [0.3, 0.4) is 0 Å². The second-order valence-electron chi connectivity index (χ2n) is 7.66. The van der Waals surface area contributed by atoms with Crippen molar-refractivity contribution in [2.45, 2.75) is 58.7 Å². The number of hydrogen-bond acceptors (Lipinski definition) is 4. The minimum Gasteiger partial charge on any atom is -0.355 e. The van der Waals surface area contributed by atoms with E-state index in [0.717, 1.165) is 44.4 Å². The smallest absolute Gasteiger partial charge is 0.191 e. The van der Waals surface area contributed by atoms with E-state index in [1.807, 2.05) is 0 Å². The van der Waals surface area contributed by atoms with Crippen LogP contribution in [-0.4, -0.2) is 52.3 Å². The molecular formula is C22H35N7. The van der Waals surface area contributed by atoms with Gasteiger partial charge in [0.25, 0.3) is 0 Å². The topological polar surface area (TPSA) is 70.4 Å². The molecule has 3 rings (SSSR count). The van der Waals surface area contributed by atoms with Crippen LogP contribution in [0.1, 0.15) is 49.6 Å². The lowest BCUT2D eigenvalue weighted by molar-refractivity contribution is 0.277. The van der Waals surface area contributed by atoms with Crippen molar-refractivity contribution < 1.29 is 0 Å². The van der Waals surface area contributed by atoms with Gasteiger partial charge in [0.05, 0.1) is 0 Å². The van der Waals surface area contributed by atoms with Crippen LogP contribution in [0.5, 0.6) is 0 Å². The third-order valence-electron chi connectivity index (χ3n) is 5.44. The summed E-state index contributed by atoms with van der Waals surface area (Å²) < 4.78 is 2.08. The Labute approximate surface area is 174 Å². The number of guanidine groups is 1. The Morgan fingerprint density at radius 2 is 1.90 bits per heavy atom. The third-order valence-corrected chi connectivity index (χ3v) is 5.44. The molecule has 2 heterocycles. The summed E-state index contributed by atoms with van der Waals surface area (Å²) in [5.74, 6) is 1.82. The zero-order valence-corrected chi connectivity index (χ0v) is 17.9. The first-order valence-corrected chi connectivity index (χ1v) is 10.9. The Balaban J connectivity index is 1.45. The fraction of sp³-hybridized carbons (Fsp3) is 0.591. The maximum atomic E-state index is 4.34. The van der Waals surface area contributed by atoms with Gasteiger partial charge >= 0.3 is 0 Å². The normalized spacial score (nSPS) is 15.9. The first-order chi connectivity index (χ1) is 14.3. The molecule has 2 aromatic rings. The van der Waals surface area contributed by atoms with Crippen molar-refractivity contribution in [3.63, 3.8) is 0 Å². The molecule has 0 amide bonds. The monoisotopic (exact) mass is 397 g/mol. The molecule has 0 radical (unpaired) electrons. The van der Waals surface area contributed by atoms with E-state index in [2.05, 4.69) is 66.5 Å². The zero-order chi connectivity index (χ0) is 20.3. The highest BCUT2D eigenvalue weighted by Gasteiger charge is 2.10. The van der Waals surface area contributed by atoms with E-state index in [-0.39, 0.29) is 0 Å². The quantitative estimate of drug-likeness (QED) is 0.529. The Bertz CT molecular complexity index is 760. The van der Waals surface area contributed by atoms with E-state index in [9.17, 15) is 0 Å². The number of rotatable bonds is 8. The molecule has 0 aliphatic carbocycles. The van der Waals surface area contributed by atoms with Gasteiger partial charge in [0.1, 0.15) is 12.2 Å². The molecule has 1 fully saturated rings. The second-order valence-corrected chi connectivity index (χ2v) is 7.66. The number of likely N-dealkylation sites (tertiary alicyclic amines) is 1. The lowest BCUT2D eigenvalue weighted by Crippen LogP contribution is -2.38. The summed E-state index contributed by atoms with van der Waals surface area (Å²) in [6.07, 6.45) is 8.09. The summed E-state index contributed by atoms with van der Waals surface area (Å²) in [6.45, 7) is 7.97. The van der Waals surface area contributed by atoms with Gasteiger partial charge in [-0.15, -0.1) is 10.2 Å². The molecule has 1 aromatic heterocycles. The number of nitrogens with zero attached hydrogens (tertiary/aromatic N) is 5. The van der Waals surface area contributed by atoms with Gasteiger partial charge in [-0.1, -0.05) is 44.0 Å². The molecule has 0 bridgehead atoms. The summed E-state index contributed by atoms with van der Waals surface area (Å²) in [5, 5.41) is 14.9. The molecule has 2 N–H and O–H groups in total. The lowest BCUT2D eigenvalue weighted by atomic mass is 10.1. The minimum atomic E-state index is 0.764. The number of aliphatic imine (C=N–C) groups is 1. The Morgan fingerprint density at radius 1 is 1.10 bits per heavy atom. The van der Waals surface area contributed by atoms with Crippen molar-refractivity contribution in [1.29, 1.82) is 0 Å². The number of hydrogen-bond donors (Lipinski definition) is 2. The van der Waals surface area contributed by atoms with Gasteiger partial charge in [-0.05, 0) is 37.1 Å². The van der Waals surface area contributed by atoms with Crippen LogP contribution in [0, 0.1) is 0 Å². The minimum absolute atomic E-state index is 0.764. The SMILES string of the molecule is CCc1nncn1CCNC(=NC)NCc1cccc(CN2CCCCCC2)c1. The summed E-state index contributed by atoms with van der Waals surface area (Å²) in [6, 6.07) is 8.90. The largest absolute Gasteiger partial charge is 0.355 e. The van der Waals surface area contributed by atoms with Gasteiger partial charge in [0.2, 0.25) is 0 Å². The maximum Gasteiger partial charge on any atom is 0.191 e. The van der Waals surface area contributed by atoms with Crippen molar-refractivity contribution in [3.05, 3.63) is 47.5 Å². The van der Waals surface area contributed by atoms with Crippen LogP contribution in [0.4, 0.5) is 0 Å². The van der Waals surface area contributed by atoms with Crippen molar-refractivity contribution in [3.8, 4) is 0 Å². The second kappa shape index (κ2) is 11.6. The summed E-state index contributed by atoms with van der Waals surface area (Å²) in [5.41, 5.74) is 2.68. The van der Waals surface area contributed by atoms with Gasteiger partial charge in [-0.25, -0.2) is 0 Å². The first-order valence-electron chi connectivity index (χ1n) is 10.9. The van der Waals surface area contributed by atoms with E-state index < -0.39 is 0 Å². The fourth-order valence-corrected chi connectivity index (χ4v) is 3.83. The van der Waals surface area contributed by atoms with E-state index in [1.165, 1.54) is 49.9 Å². The van der Waals surface area contributed by atoms with E-state index in [1.54, 1.807) is 13.4 Å². The van der Waals surface area contributed by atoms with E-state index >= 15 is 0 Å². The van der Waals surface area contributed by atoms with Crippen LogP contribution >= 0.6 is 0 Å². The molecule has 0 saturated carbocycles. The molecule has 7 nitrogen and oxygen atoms in total. The fourth-order valence-electron chi connectivity index (χ4n) is 3.83. The van der Waals surface area contributed by atoms with Crippen LogP contribution in [0.2, 0.25) is 0 Å². The van der Waals surface area contributed by atoms with E-state index in [4.69, 9.17) is 0 Å². The Morgan fingerprint density at radius 3 is 2.66 bits per heavy atom. The zero-order valence-electron chi connectivity index (χ0n) is 17.9. The van der Waals surface area contributed by atoms with Gasteiger partial charge in [-0.2, -0.15) is 0 Å². The van der Waals surface area contributed by atoms with Crippen molar-refractivity contribution in [2.24, 2.45) is 4.99 Å². The summed E-state index contributed by atoms with van der Waals surface area (Å²) in [7, 11) is 1.81. The Kier molecular flexibility index (Phi) is 8.49. The number of aromatic nitrogens is 3. The highest BCUT2D eigenvalue weighted by Crippen LogP contribution is 2.14. The molecule has 0 spiro atoms. The number of aryl methyl sites for hydroxylation is 1. The average Bonchev–Trinajstić information content (AvgIpc) is 3.05. The van der Waals surface area contributed by atoms with E-state index in [0.29, 0.717) is 0 Å². The number of benzene rings is 1. The van der Waals surface area contributed by atoms with Crippen molar-refractivity contribution in [2.75, 3.05) is 26.7 Å². The molecule has 1 aliphatic rings. The first kappa shape index (κ1) is 21.3. The summed E-state index contributed by atoms with van der Waals surface area (Å²) in [4.78, 5) is 6.93. The summed E-state index contributed by atoms with van der Waals surface area (Å²) >= 11 is 0. The molecule has 158 valence electrons. The van der Waals surface area contributed by atoms with Gasteiger partial charge < -0.3 is 15.2 Å². The molecule has 1 saturated heterocycles. The lowest BCUT2D eigenvalue weighted by Gasteiger charge is -2.20. The van der Waals surface area contributed by atoms with Crippen LogP contribution in [0.25, 0.3) is 0 Å². The predicted molar refractivity (Wildman–Crippen MR) is 118 cm³/mol. The highest BCUT2D eigenvalue weighted by atomic mass is 15.3. The molecule has 1 aromatic carbocycles. The van der Waals surface area contributed by atoms with Gasteiger partial charge in [0, 0.05) is 39.6 Å².